The first kappa shape index (κ1) is 20.1. The van der Waals surface area contributed by atoms with E-state index in [4.69, 9.17) is 0 Å². The van der Waals surface area contributed by atoms with Crippen LogP contribution in [0.5, 0.6) is 5.75 Å². The van der Waals surface area contributed by atoms with E-state index in [1.807, 2.05) is 12.1 Å². The zero-order valence-corrected chi connectivity index (χ0v) is 18.5. The molecule has 0 bridgehead atoms. The first-order chi connectivity index (χ1) is 13.9. The highest BCUT2D eigenvalue weighted by Gasteiger charge is 2.44. The number of hydrogen-bond donors (Lipinski definition) is 2. The molecule has 4 rings (SSSR count). The van der Waals surface area contributed by atoms with Crippen molar-refractivity contribution in [3.8, 4) is 5.75 Å². The van der Waals surface area contributed by atoms with Crippen LogP contribution in [0.2, 0.25) is 0 Å². The molecule has 0 fully saturated rings. The van der Waals surface area contributed by atoms with Crippen LogP contribution in [-0.2, 0) is 5.41 Å². The van der Waals surface area contributed by atoms with Gasteiger partial charge < -0.3 is 10.0 Å². The van der Waals surface area contributed by atoms with Gasteiger partial charge in [0.15, 0.2) is 5.71 Å². The topological polar surface area (TPSA) is 26.5 Å². The molecule has 0 spiro atoms. The molecule has 1 unspecified atom stereocenters. The lowest BCUT2D eigenvalue weighted by atomic mass is 9.81. The van der Waals surface area contributed by atoms with Crippen molar-refractivity contribution in [3.63, 3.8) is 0 Å². The van der Waals surface area contributed by atoms with Crippen LogP contribution in [0.3, 0.4) is 0 Å². The number of unbranched alkanes of at least 4 members (excludes halogenated alkanes) is 1. The number of likely N-dealkylation sites (N-methyl/N-ethyl adjacent to an activating group) is 1. The van der Waals surface area contributed by atoms with Crippen molar-refractivity contribution in [2.45, 2.75) is 38.0 Å². The summed E-state index contributed by atoms with van der Waals surface area (Å²) in [5.74, 6) is 1.55. The van der Waals surface area contributed by atoms with Crippen molar-refractivity contribution in [1.29, 1.82) is 0 Å². The maximum absolute atomic E-state index is 9.98. The minimum absolute atomic E-state index is 0.0276. The van der Waals surface area contributed by atoms with Crippen molar-refractivity contribution in [2.24, 2.45) is 0 Å². The van der Waals surface area contributed by atoms with E-state index in [-0.39, 0.29) is 11.3 Å². The van der Waals surface area contributed by atoms with Crippen molar-refractivity contribution >= 4 is 29.7 Å². The summed E-state index contributed by atoms with van der Waals surface area (Å²) in [6.07, 6.45) is 6.92. The predicted molar refractivity (Wildman–Crippen MR) is 126 cm³/mol. The molecule has 0 saturated heterocycles. The first-order valence-corrected chi connectivity index (χ1v) is 11.1. The van der Waals surface area contributed by atoms with Gasteiger partial charge in [-0.15, -0.1) is 0 Å². The highest BCUT2D eigenvalue weighted by atomic mass is 32.1. The van der Waals surface area contributed by atoms with E-state index in [0.29, 0.717) is 5.75 Å². The molecule has 4 heteroatoms. The second-order valence-electron chi connectivity index (χ2n) is 8.70. The van der Waals surface area contributed by atoms with Crippen LogP contribution in [0.4, 0.5) is 11.4 Å². The van der Waals surface area contributed by atoms with Crippen LogP contribution in [0.15, 0.2) is 54.6 Å². The third-order valence-corrected chi connectivity index (χ3v) is 6.68. The third-order valence-electron chi connectivity index (χ3n) is 6.37. The number of allylic oxidation sites excluding steroid dienone is 1. The summed E-state index contributed by atoms with van der Waals surface area (Å²) in [6, 6.07) is 14.5. The number of rotatable bonds is 6. The van der Waals surface area contributed by atoms with E-state index in [0.717, 1.165) is 31.7 Å². The zero-order valence-electron chi connectivity index (χ0n) is 17.6. The molecule has 2 aliphatic heterocycles. The lowest BCUT2D eigenvalue weighted by Crippen LogP contribution is -2.28. The Morgan fingerprint density at radius 1 is 1.21 bits per heavy atom. The van der Waals surface area contributed by atoms with Crippen LogP contribution in [0.1, 0.15) is 43.7 Å². The van der Waals surface area contributed by atoms with E-state index in [2.05, 4.69) is 79.4 Å². The van der Waals surface area contributed by atoms with Crippen molar-refractivity contribution in [1.82, 2.24) is 0 Å². The Hall–Kier alpha value is -2.20. The molecule has 1 N–H and O–H groups in total. The lowest BCUT2D eigenvalue weighted by Gasteiger charge is -2.16. The minimum Gasteiger partial charge on any atom is -0.508 e. The SMILES string of the molecule is CN1CC(/C=C/C2=[N+](CCCCS)c3ccccc3C2(C)C)c2cc(O)ccc21. The summed E-state index contributed by atoms with van der Waals surface area (Å²) in [5, 5.41) is 9.98. The number of benzene rings is 2. The molecule has 3 nitrogen and oxygen atoms in total. The Morgan fingerprint density at radius 2 is 2.00 bits per heavy atom. The quantitative estimate of drug-likeness (QED) is 0.388. The molecule has 152 valence electrons. The molecular weight excluding hydrogens is 376 g/mol. The van der Waals surface area contributed by atoms with E-state index in [1.165, 1.54) is 28.2 Å². The average Bonchev–Trinajstić information content (AvgIpc) is 3.12. The minimum atomic E-state index is -0.0276. The molecule has 1 atom stereocenters. The summed E-state index contributed by atoms with van der Waals surface area (Å²) in [6.45, 7) is 6.60. The third kappa shape index (κ3) is 3.59. The van der Waals surface area contributed by atoms with Crippen LogP contribution < -0.4 is 4.90 Å². The Bertz CT molecular complexity index is 977. The van der Waals surface area contributed by atoms with Crippen LogP contribution in [-0.4, -0.2) is 41.3 Å². The zero-order chi connectivity index (χ0) is 20.6. The molecule has 2 aromatic carbocycles. The molecule has 0 saturated carbocycles. The number of phenolic OH excluding ortho intramolecular Hbond substituents is 1. The highest BCUT2D eigenvalue weighted by Crippen LogP contribution is 2.41. The summed E-state index contributed by atoms with van der Waals surface area (Å²) in [4.78, 5) is 2.27. The standard InChI is InChI=1S/C25H30N2OS/c1-25(2)21-8-4-5-9-23(21)27(14-6-7-15-29)24(25)13-10-18-17-26(3)22-12-11-19(28)16-20(18)22/h4-5,8-13,16,18H,6-7,14-15,17H2,1-3H3,(H-,28,29)/p+1/b13-10+. The average molecular weight is 408 g/mol. The van der Waals surface area contributed by atoms with Gasteiger partial charge in [-0.1, -0.05) is 24.3 Å². The number of phenols is 1. The maximum Gasteiger partial charge on any atom is 0.209 e. The number of para-hydroxylation sites is 1. The molecule has 2 heterocycles. The Labute approximate surface area is 179 Å². The van der Waals surface area contributed by atoms with Gasteiger partial charge in [0.2, 0.25) is 5.69 Å². The second-order valence-corrected chi connectivity index (χ2v) is 9.15. The molecule has 0 amide bonds. The van der Waals surface area contributed by atoms with Crippen LogP contribution in [0.25, 0.3) is 0 Å². The second kappa shape index (κ2) is 7.91. The van der Waals surface area contributed by atoms with Gasteiger partial charge >= 0.3 is 0 Å². The van der Waals surface area contributed by atoms with Crippen LogP contribution >= 0.6 is 12.6 Å². The van der Waals surface area contributed by atoms with Crippen molar-refractivity contribution < 1.29 is 9.68 Å². The number of fused-ring (bicyclic) bond motifs is 2. The predicted octanol–water partition coefficient (Wildman–Crippen LogP) is 5.27. The normalized spacial score (nSPS) is 19.9. The highest BCUT2D eigenvalue weighted by molar-refractivity contribution is 7.80. The number of nitrogens with zero attached hydrogens (tertiary/aromatic N) is 2. The Kier molecular flexibility index (Phi) is 5.48. The fraction of sp³-hybridized carbons (Fsp3) is 0.400. The largest absolute Gasteiger partial charge is 0.508 e. The van der Waals surface area contributed by atoms with Gasteiger partial charge in [-0.05, 0) is 49.8 Å². The van der Waals surface area contributed by atoms with Crippen LogP contribution in [0, 0.1) is 0 Å². The van der Waals surface area contributed by atoms with E-state index < -0.39 is 0 Å². The Morgan fingerprint density at radius 3 is 2.79 bits per heavy atom. The monoisotopic (exact) mass is 407 g/mol. The summed E-state index contributed by atoms with van der Waals surface area (Å²) < 4.78 is 2.50. The van der Waals surface area contributed by atoms with Gasteiger partial charge in [-0.2, -0.15) is 17.2 Å². The number of aromatic hydroxyl groups is 1. The van der Waals surface area contributed by atoms with Gasteiger partial charge in [0, 0.05) is 49.3 Å². The van der Waals surface area contributed by atoms with Gasteiger partial charge in [-0.3, -0.25) is 0 Å². The van der Waals surface area contributed by atoms with Gasteiger partial charge in [0.05, 0.1) is 5.41 Å². The molecule has 0 radical (unpaired) electrons. The van der Waals surface area contributed by atoms with E-state index in [9.17, 15) is 5.11 Å². The summed E-state index contributed by atoms with van der Waals surface area (Å²) in [7, 11) is 2.12. The van der Waals surface area contributed by atoms with Crippen molar-refractivity contribution in [2.75, 3.05) is 30.8 Å². The lowest BCUT2D eigenvalue weighted by molar-refractivity contribution is -0.438. The molecular formula is C25H31N2OS+. The number of hydrogen-bond acceptors (Lipinski definition) is 3. The fourth-order valence-corrected chi connectivity index (χ4v) is 5.04. The van der Waals surface area contributed by atoms with E-state index in [1.54, 1.807) is 6.07 Å². The van der Waals surface area contributed by atoms with E-state index >= 15 is 0 Å². The van der Waals surface area contributed by atoms with Gasteiger partial charge in [0.25, 0.3) is 0 Å². The molecule has 2 aromatic rings. The summed E-state index contributed by atoms with van der Waals surface area (Å²) >= 11 is 4.39. The summed E-state index contributed by atoms with van der Waals surface area (Å²) in [5.41, 5.74) is 6.47. The van der Waals surface area contributed by atoms with Crippen molar-refractivity contribution in [3.05, 3.63) is 65.7 Å². The van der Waals surface area contributed by atoms with Gasteiger partial charge in [-0.25, -0.2) is 0 Å². The molecule has 0 aromatic heterocycles. The molecule has 29 heavy (non-hydrogen) atoms. The Balaban J connectivity index is 1.71. The fourth-order valence-electron chi connectivity index (χ4n) is 4.81. The smallest absolute Gasteiger partial charge is 0.209 e. The number of anilines is 1. The molecule has 0 aliphatic carbocycles. The molecule has 2 aliphatic rings. The first-order valence-electron chi connectivity index (χ1n) is 10.5. The van der Waals surface area contributed by atoms with Gasteiger partial charge in [0.1, 0.15) is 12.3 Å². The maximum atomic E-state index is 9.98. The number of thiol groups is 1.